The van der Waals surface area contributed by atoms with Crippen LogP contribution in [0.25, 0.3) is 5.69 Å². The number of para-hydroxylation sites is 1. The van der Waals surface area contributed by atoms with Gasteiger partial charge in [0.2, 0.25) is 5.82 Å². The number of aromatic nitrogens is 3. The lowest BCUT2D eigenvalue weighted by Crippen LogP contribution is -2.31. The van der Waals surface area contributed by atoms with Crippen LogP contribution < -0.4 is 5.32 Å². The van der Waals surface area contributed by atoms with Gasteiger partial charge in [0.05, 0.1) is 11.7 Å². The Balaban J connectivity index is 1.43. The molecule has 1 atom stereocenters. The highest BCUT2D eigenvalue weighted by atomic mass is 16.2. The van der Waals surface area contributed by atoms with E-state index in [0.29, 0.717) is 6.42 Å². The van der Waals surface area contributed by atoms with Crippen LogP contribution in [0.5, 0.6) is 0 Å². The van der Waals surface area contributed by atoms with Crippen LogP contribution >= 0.6 is 0 Å². The molecule has 1 aromatic heterocycles. The number of hydrogen-bond donors (Lipinski definition) is 1. The predicted octanol–water partition coefficient (Wildman–Crippen LogP) is 5.17. The van der Waals surface area contributed by atoms with Gasteiger partial charge in [-0.3, -0.25) is 4.79 Å². The molecule has 1 aliphatic rings. The number of fused-ring (bicyclic) bond motifs is 1. The Hall–Kier alpha value is -3.73. The first-order valence-corrected chi connectivity index (χ1v) is 11.6. The van der Waals surface area contributed by atoms with E-state index in [2.05, 4.69) is 53.7 Å². The van der Waals surface area contributed by atoms with Crippen molar-refractivity contribution in [2.75, 3.05) is 0 Å². The number of nitrogens with one attached hydrogen (secondary N) is 1. The van der Waals surface area contributed by atoms with Gasteiger partial charge in [-0.05, 0) is 60.9 Å². The fraction of sp³-hybridized carbons (Fsp3) is 0.250. The van der Waals surface area contributed by atoms with Crippen molar-refractivity contribution in [2.24, 2.45) is 0 Å². The minimum Gasteiger partial charge on any atom is -0.342 e. The Morgan fingerprint density at radius 1 is 0.970 bits per heavy atom. The smallest absolute Gasteiger partial charge is 0.291 e. The van der Waals surface area contributed by atoms with Gasteiger partial charge in [-0.2, -0.15) is 0 Å². The van der Waals surface area contributed by atoms with Crippen molar-refractivity contribution in [3.63, 3.8) is 0 Å². The quantitative estimate of drug-likeness (QED) is 0.454. The molecule has 1 aliphatic carbocycles. The number of aryl methyl sites for hydroxylation is 4. The van der Waals surface area contributed by atoms with E-state index in [1.165, 1.54) is 16.7 Å². The zero-order valence-corrected chi connectivity index (χ0v) is 18.9. The summed E-state index contributed by atoms with van der Waals surface area (Å²) >= 11 is 0. The summed E-state index contributed by atoms with van der Waals surface area (Å²) in [4.78, 5) is 17.9. The van der Waals surface area contributed by atoms with Crippen LogP contribution in [-0.4, -0.2) is 20.7 Å². The monoisotopic (exact) mass is 436 g/mol. The summed E-state index contributed by atoms with van der Waals surface area (Å²) in [7, 11) is 0. The van der Waals surface area contributed by atoms with Crippen molar-refractivity contribution in [1.82, 2.24) is 20.1 Å². The third-order valence-electron chi connectivity index (χ3n) is 6.38. The van der Waals surface area contributed by atoms with E-state index in [9.17, 15) is 4.79 Å². The molecule has 1 N–H and O–H groups in total. The van der Waals surface area contributed by atoms with E-state index in [1.54, 1.807) is 0 Å². The second kappa shape index (κ2) is 9.41. The average molecular weight is 437 g/mol. The van der Waals surface area contributed by atoms with E-state index in [0.717, 1.165) is 42.8 Å². The summed E-state index contributed by atoms with van der Waals surface area (Å²) in [6.07, 6.45) is 4.59. The second-order valence-corrected chi connectivity index (χ2v) is 8.65. The molecule has 0 aliphatic heterocycles. The highest BCUT2D eigenvalue weighted by Crippen LogP contribution is 2.29. The lowest BCUT2D eigenvalue weighted by Gasteiger charge is -2.25. The molecular weight excluding hydrogens is 408 g/mol. The molecule has 5 nitrogen and oxygen atoms in total. The summed E-state index contributed by atoms with van der Waals surface area (Å²) in [5.41, 5.74) is 5.81. The number of carbonyl (C=O) groups is 1. The standard InChI is InChI=1S/C28H28N4O/c1-20-10-5-8-17-25(20)32-26(19-18-21-11-3-2-4-12-21)30-27(31-32)28(33)29-24-16-9-14-22-13-6-7-15-23(22)24/h2-8,10-13,15,17,24H,9,14,16,18-19H2,1H3,(H,29,33)/t24-/m1/s1. The van der Waals surface area contributed by atoms with E-state index in [-0.39, 0.29) is 17.8 Å². The first-order chi connectivity index (χ1) is 16.2. The van der Waals surface area contributed by atoms with Crippen LogP contribution in [0.15, 0.2) is 78.9 Å². The third kappa shape index (κ3) is 4.58. The van der Waals surface area contributed by atoms with Crippen molar-refractivity contribution in [2.45, 2.75) is 45.1 Å². The van der Waals surface area contributed by atoms with Gasteiger partial charge >= 0.3 is 0 Å². The minimum atomic E-state index is -0.218. The van der Waals surface area contributed by atoms with Gasteiger partial charge in [0.15, 0.2) is 0 Å². The Morgan fingerprint density at radius 2 is 1.73 bits per heavy atom. The maximum Gasteiger partial charge on any atom is 0.291 e. The molecule has 4 aromatic rings. The first-order valence-electron chi connectivity index (χ1n) is 11.6. The number of hydrogen-bond acceptors (Lipinski definition) is 3. The zero-order chi connectivity index (χ0) is 22.6. The second-order valence-electron chi connectivity index (χ2n) is 8.65. The Bertz CT molecular complexity index is 1260. The molecule has 0 fully saturated rings. The molecule has 1 heterocycles. The number of amides is 1. The molecule has 0 unspecified atom stereocenters. The summed E-state index contributed by atoms with van der Waals surface area (Å²) < 4.78 is 1.84. The van der Waals surface area contributed by atoms with Gasteiger partial charge in [0, 0.05) is 6.42 Å². The van der Waals surface area contributed by atoms with Crippen molar-refractivity contribution in [3.05, 3.63) is 113 Å². The lowest BCUT2D eigenvalue weighted by molar-refractivity contribution is 0.0922. The third-order valence-corrected chi connectivity index (χ3v) is 6.38. The first kappa shape index (κ1) is 21.1. The molecule has 5 heteroatoms. The average Bonchev–Trinajstić information content (AvgIpc) is 3.28. The minimum absolute atomic E-state index is 0.000583. The van der Waals surface area contributed by atoms with Gasteiger partial charge in [0.25, 0.3) is 5.91 Å². The summed E-state index contributed by atoms with van der Waals surface area (Å²) in [6, 6.07) is 26.8. The molecule has 166 valence electrons. The molecule has 3 aromatic carbocycles. The van der Waals surface area contributed by atoms with Gasteiger partial charge in [-0.15, -0.1) is 5.10 Å². The summed E-state index contributed by atoms with van der Waals surface area (Å²) in [5, 5.41) is 7.86. The molecular formula is C28H28N4O. The van der Waals surface area contributed by atoms with Gasteiger partial charge < -0.3 is 5.32 Å². The van der Waals surface area contributed by atoms with Crippen LogP contribution in [0.2, 0.25) is 0 Å². The molecule has 33 heavy (non-hydrogen) atoms. The van der Waals surface area contributed by atoms with Crippen LogP contribution in [0.3, 0.4) is 0 Å². The maximum absolute atomic E-state index is 13.2. The number of carbonyl (C=O) groups excluding carboxylic acids is 1. The van der Waals surface area contributed by atoms with E-state index in [1.807, 2.05) is 47.1 Å². The normalized spacial score (nSPS) is 15.1. The maximum atomic E-state index is 13.2. The van der Waals surface area contributed by atoms with Gasteiger partial charge in [0.1, 0.15) is 5.82 Å². The van der Waals surface area contributed by atoms with E-state index < -0.39 is 0 Å². The van der Waals surface area contributed by atoms with E-state index in [4.69, 9.17) is 4.98 Å². The van der Waals surface area contributed by atoms with Gasteiger partial charge in [-0.1, -0.05) is 72.8 Å². The van der Waals surface area contributed by atoms with Crippen LogP contribution in [0.4, 0.5) is 0 Å². The number of benzene rings is 3. The van der Waals surface area contributed by atoms with Gasteiger partial charge in [-0.25, -0.2) is 9.67 Å². The fourth-order valence-electron chi connectivity index (χ4n) is 4.62. The molecule has 0 saturated carbocycles. The predicted molar refractivity (Wildman–Crippen MR) is 130 cm³/mol. The fourth-order valence-corrected chi connectivity index (χ4v) is 4.62. The molecule has 0 saturated heterocycles. The molecule has 1 amide bonds. The summed E-state index contributed by atoms with van der Waals surface area (Å²) in [6.45, 7) is 2.05. The van der Waals surface area contributed by atoms with Crippen molar-refractivity contribution >= 4 is 5.91 Å². The Morgan fingerprint density at radius 3 is 2.58 bits per heavy atom. The van der Waals surface area contributed by atoms with Crippen molar-refractivity contribution in [3.8, 4) is 5.69 Å². The highest BCUT2D eigenvalue weighted by Gasteiger charge is 2.25. The Labute approximate surface area is 194 Å². The van der Waals surface area contributed by atoms with Crippen LogP contribution in [-0.2, 0) is 19.3 Å². The highest BCUT2D eigenvalue weighted by molar-refractivity contribution is 5.90. The zero-order valence-electron chi connectivity index (χ0n) is 18.9. The lowest BCUT2D eigenvalue weighted by atomic mass is 9.88. The topological polar surface area (TPSA) is 59.8 Å². The molecule has 0 radical (unpaired) electrons. The number of nitrogens with zero attached hydrogens (tertiary/aromatic N) is 3. The summed E-state index contributed by atoms with van der Waals surface area (Å²) in [5.74, 6) is 0.803. The van der Waals surface area contributed by atoms with Crippen LogP contribution in [0, 0.1) is 6.92 Å². The molecule has 5 rings (SSSR count). The SMILES string of the molecule is Cc1ccccc1-n1nc(C(=O)N[C@@H]2CCCc3ccccc32)nc1CCc1ccccc1. The van der Waals surface area contributed by atoms with Crippen molar-refractivity contribution < 1.29 is 4.79 Å². The van der Waals surface area contributed by atoms with Crippen molar-refractivity contribution in [1.29, 1.82) is 0 Å². The van der Waals surface area contributed by atoms with E-state index >= 15 is 0 Å². The molecule has 0 bridgehead atoms. The van der Waals surface area contributed by atoms with Crippen LogP contribution in [0.1, 0.15) is 57.6 Å². The number of rotatable bonds is 6. The largest absolute Gasteiger partial charge is 0.342 e. The molecule has 0 spiro atoms. The Kier molecular flexibility index (Phi) is 6.03.